The fourth-order valence-electron chi connectivity index (χ4n) is 1.09. The molecule has 1 aromatic rings. The van der Waals surface area contributed by atoms with E-state index in [1.807, 2.05) is 0 Å². The van der Waals surface area contributed by atoms with Crippen molar-refractivity contribution in [3.8, 4) is 5.19 Å². The summed E-state index contributed by atoms with van der Waals surface area (Å²) in [7, 11) is 0. The fourth-order valence-corrected chi connectivity index (χ4v) is 1.83. The maximum atomic E-state index is 5.51. The van der Waals surface area contributed by atoms with Crippen molar-refractivity contribution in [2.45, 2.75) is 39.5 Å². The summed E-state index contributed by atoms with van der Waals surface area (Å²) in [6, 6.07) is 0. The van der Waals surface area contributed by atoms with Gasteiger partial charge in [-0.15, -0.1) is 0 Å². The molecule has 0 unspecified atom stereocenters. The Bertz CT molecular complexity index is 306. The lowest BCUT2D eigenvalue weighted by atomic mass is 9.96. The maximum Gasteiger partial charge on any atom is 0.293 e. The van der Waals surface area contributed by atoms with Crippen LogP contribution in [-0.4, -0.2) is 29.1 Å². The first-order chi connectivity index (χ1) is 7.54. The topological polar surface area (TPSA) is 47.0 Å². The van der Waals surface area contributed by atoms with E-state index < -0.39 is 0 Å². The molecule has 0 saturated carbocycles. The van der Waals surface area contributed by atoms with Crippen LogP contribution in [0.25, 0.3) is 0 Å². The zero-order valence-electron chi connectivity index (χ0n) is 10.5. The van der Waals surface area contributed by atoms with Crippen LogP contribution < -0.4 is 10.1 Å². The van der Waals surface area contributed by atoms with Crippen LogP contribution >= 0.6 is 11.5 Å². The number of rotatable bonds is 6. The number of aromatic nitrogens is 2. The quantitative estimate of drug-likeness (QED) is 0.778. The Balaban J connectivity index is 2.30. The maximum absolute atomic E-state index is 5.51. The molecule has 1 rings (SSSR count). The molecule has 0 fully saturated rings. The average molecular weight is 243 g/mol. The van der Waals surface area contributed by atoms with Gasteiger partial charge in [0.05, 0.1) is 0 Å². The highest BCUT2D eigenvalue weighted by Crippen LogP contribution is 2.23. The highest BCUT2D eigenvalue weighted by molar-refractivity contribution is 7.07. The van der Waals surface area contributed by atoms with Crippen LogP contribution in [0.2, 0.25) is 0 Å². The lowest BCUT2D eigenvalue weighted by Crippen LogP contribution is -2.21. The first kappa shape index (κ1) is 13.4. The smallest absolute Gasteiger partial charge is 0.293 e. The van der Waals surface area contributed by atoms with Gasteiger partial charge in [0.15, 0.2) is 5.82 Å². The minimum absolute atomic E-state index is 0.00142. The molecule has 16 heavy (non-hydrogen) atoms. The Hall–Kier alpha value is -0.680. The number of ether oxygens (including phenoxy) is 1. The molecular weight excluding hydrogens is 222 g/mol. The van der Waals surface area contributed by atoms with Crippen LogP contribution in [0.1, 0.15) is 39.9 Å². The molecule has 0 aliphatic rings. The van der Waals surface area contributed by atoms with E-state index >= 15 is 0 Å². The number of hydrogen-bond donors (Lipinski definition) is 1. The van der Waals surface area contributed by atoms with E-state index in [1.165, 1.54) is 11.5 Å². The molecule has 0 aromatic carbocycles. The Labute approximate surface area is 102 Å². The van der Waals surface area contributed by atoms with Gasteiger partial charge in [-0.3, -0.25) is 0 Å². The van der Waals surface area contributed by atoms with Gasteiger partial charge >= 0.3 is 0 Å². The first-order valence-electron chi connectivity index (χ1n) is 5.71. The van der Waals surface area contributed by atoms with Gasteiger partial charge in [0.1, 0.15) is 6.61 Å². The molecule has 0 bridgehead atoms. The average Bonchev–Trinajstić information content (AvgIpc) is 2.65. The molecule has 5 heteroatoms. The van der Waals surface area contributed by atoms with Crippen molar-refractivity contribution in [3.63, 3.8) is 0 Å². The predicted octanol–water partition coefficient (Wildman–Crippen LogP) is 2.21. The van der Waals surface area contributed by atoms with Gasteiger partial charge in [-0.05, 0) is 13.0 Å². The van der Waals surface area contributed by atoms with Gasteiger partial charge < -0.3 is 10.1 Å². The molecule has 1 aromatic heterocycles. The molecule has 0 radical (unpaired) electrons. The van der Waals surface area contributed by atoms with Gasteiger partial charge in [0.25, 0.3) is 5.19 Å². The molecular formula is C11H21N3OS. The standard InChI is InChI=1S/C11H21N3OS/c1-5-6-12-7-8-15-10-13-9(14-16-10)11(2,3)4/h12H,5-8H2,1-4H3. The van der Waals surface area contributed by atoms with Crippen molar-refractivity contribution in [1.29, 1.82) is 0 Å². The van der Waals surface area contributed by atoms with Crippen molar-refractivity contribution in [1.82, 2.24) is 14.7 Å². The van der Waals surface area contributed by atoms with Crippen molar-refractivity contribution >= 4 is 11.5 Å². The Kier molecular flexibility index (Phi) is 5.15. The van der Waals surface area contributed by atoms with Gasteiger partial charge in [0, 0.05) is 23.5 Å². The molecule has 1 N–H and O–H groups in total. The molecule has 0 aliphatic carbocycles. The number of hydrogen-bond acceptors (Lipinski definition) is 5. The normalized spacial score (nSPS) is 11.8. The van der Waals surface area contributed by atoms with E-state index in [-0.39, 0.29) is 5.41 Å². The summed E-state index contributed by atoms with van der Waals surface area (Å²) in [5.74, 6) is 0.856. The Morgan fingerprint density at radius 1 is 1.31 bits per heavy atom. The number of nitrogens with one attached hydrogen (secondary N) is 1. The van der Waals surface area contributed by atoms with Gasteiger partial charge in [-0.2, -0.15) is 9.36 Å². The minimum Gasteiger partial charge on any atom is -0.468 e. The van der Waals surface area contributed by atoms with Gasteiger partial charge in [-0.25, -0.2) is 0 Å². The van der Waals surface area contributed by atoms with Gasteiger partial charge in [0.2, 0.25) is 0 Å². The van der Waals surface area contributed by atoms with Crippen molar-refractivity contribution in [3.05, 3.63) is 5.82 Å². The second-order valence-electron chi connectivity index (χ2n) is 4.73. The molecule has 0 amide bonds. The summed E-state index contributed by atoms with van der Waals surface area (Å²) in [5, 5.41) is 3.94. The minimum atomic E-state index is -0.00142. The van der Waals surface area contributed by atoms with Crippen LogP contribution in [0.4, 0.5) is 0 Å². The van der Waals surface area contributed by atoms with E-state index in [9.17, 15) is 0 Å². The molecule has 92 valence electrons. The van der Waals surface area contributed by atoms with E-state index in [4.69, 9.17) is 4.74 Å². The largest absolute Gasteiger partial charge is 0.468 e. The van der Waals surface area contributed by atoms with Crippen molar-refractivity contribution in [2.24, 2.45) is 0 Å². The third-order valence-electron chi connectivity index (χ3n) is 2.01. The summed E-state index contributed by atoms with van der Waals surface area (Å²) in [4.78, 5) is 4.36. The zero-order chi connectivity index (χ0) is 12.0. The van der Waals surface area contributed by atoms with Crippen LogP contribution in [0.15, 0.2) is 0 Å². The predicted molar refractivity (Wildman–Crippen MR) is 67.3 cm³/mol. The molecule has 4 nitrogen and oxygen atoms in total. The third-order valence-corrected chi connectivity index (χ3v) is 2.64. The monoisotopic (exact) mass is 243 g/mol. The molecule has 0 saturated heterocycles. The Morgan fingerprint density at radius 3 is 2.62 bits per heavy atom. The van der Waals surface area contributed by atoms with E-state index in [2.05, 4.69) is 42.4 Å². The lowest BCUT2D eigenvalue weighted by Gasteiger charge is -2.12. The van der Waals surface area contributed by atoms with E-state index in [1.54, 1.807) is 0 Å². The highest BCUT2D eigenvalue weighted by atomic mass is 32.1. The lowest BCUT2D eigenvalue weighted by molar-refractivity contribution is 0.311. The summed E-state index contributed by atoms with van der Waals surface area (Å²) < 4.78 is 9.80. The van der Waals surface area contributed by atoms with E-state index in [0.29, 0.717) is 11.8 Å². The van der Waals surface area contributed by atoms with E-state index in [0.717, 1.165) is 25.3 Å². The Morgan fingerprint density at radius 2 is 2.06 bits per heavy atom. The van der Waals surface area contributed by atoms with Crippen LogP contribution in [0.5, 0.6) is 5.19 Å². The third kappa shape index (κ3) is 4.45. The van der Waals surface area contributed by atoms with Crippen molar-refractivity contribution in [2.75, 3.05) is 19.7 Å². The summed E-state index contributed by atoms with van der Waals surface area (Å²) >= 11 is 1.33. The fraction of sp³-hybridized carbons (Fsp3) is 0.818. The summed E-state index contributed by atoms with van der Waals surface area (Å²) in [5.41, 5.74) is -0.00142. The highest BCUT2D eigenvalue weighted by Gasteiger charge is 2.19. The zero-order valence-corrected chi connectivity index (χ0v) is 11.4. The molecule has 0 spiro atoms. The van der Waals surface area contributed by atoms with Crippen LogP contribution in [0, 0.1) is 0 Å². The summed E-state index contributed by atoms with van der Waals surface area (Å²) in [6.45, 7) is 11.0. The van der Waals surface area contributed by atoms with Crippen LogP contribution in [0.3, 0.4) is 0 Å². The van der Waals surface area contributed by atoms with Crippen LogP contribution in [-0.2, 0) is 5.41 Å². The summed E-state index contributed by atoms with van der Waals surface area (Å²) in [6.07, 6.45) is 1.15. The molecule has 1 heterocycles. The second kappa shape index (κ2) is 6.15. The van der Waals surface area contributed by atoms with Crippen molar-refractivity contribution < 1.29 is 4.74 Å². The molecule has 0 aliphatic heterocycles. The number of nitrogens with zero attached hydrogens (tertiary/aromatic N) is 2. The van der Waals surface area contributed by atoms with Gasteiger partial charge in [-0.1, -0.05) is 27.7 Å². The SMILES string of the molecule is CCCNCCOc1nc(C(C)(C)C)ns1. The first-order valence-corrected chi connectivity index (χ1v) is 6.49. The molecule has 0 atom stereocenters. The second-order valence-corrected chi connectivity index (χ2v) is 5.45.